The average molecular weight is 415 g/mol. The van der Waals surface area contributed by atoms with E-state index in [2.05, 4.69) is 25.4 Å². The summed E-state index contributed by atoms with van der Waals surface area (Å²) in [5.41, 5.74) is 4.28. The summed E-state index contributed by atoms with van der Waals surface area (Å²) in [4.78, 5) is 13.0. The fourth-order valence-corrected chi connectivity index (χ4v) is 4.34. The normalized spacial score (nSPS) is 29.5. The van der Waals surface area contributed by atoms with E-state index in [1.165, 1.54) is 6.42 Å². The topological polar surface area (TPSA) is 109 Å². The lowest BCUT2D eigenvalue weighted by Crippen LogP contribution is -2.35. The van der Waals surface area contributed by atoms with Crippen molar-refractivity contribution in [1.82, 2.24) is 24.5 Å². The summed E-state index contributed by atoms with van der Waals surface area (Å²) < 4.78 is 7.49. The van der Waals surface area contributed by atoms with Gasteiger partial charge in [-0.2, -0.15) is 21.7 Å². The Morgan fingerprint density at radius 3 is 2.78 bits per heavy atom. The first-order valence-corrected chi connectivity index (χ1v) is 10.8. The number of hydrazine groups is 1. The van der Waals surface area contributed by atoms with Crippen molar-refractivity contribution >= 4 is 40.3 Å². The van der Waals surface area contributed by atoms with E-state index in [0.717, 1.165) is 25.9 Å². The van der Waals surface area contributed by atoms with Crippen LogP contribution in [0.2, 0.25) is 5.28 Å². The van der Waals surface area contributed by atoms with Gasteiger partial charge in [0, 0.05) is 18.8 Å². The number of piperidine rings is 1. The second-order valence-corrected chi connectivity index (χ2v) is 8.08. The van der Waals surface area contributed by atoms with Crippen molar-refractivity contribution in [3.05, 3.63) is 11.6 Å². The van der Waals surface area contributed by atoms with Gasteiger partial charge in [-0.05, 0) is 30.7 Å². The lowest BCUT2D eigenvalue weighted by atomic mass is 10.1. The van der Waals surface area contributed by atoms with Crippen LogP contribution in [0.4, 0.5) is 5.82 Å². The number of halogens is 1. The summed E-state index contributed by atoms with van der Waals surface area (Å²) in [7, 11) is 0. The molecule has 2 fully saturated rings. The summed E-state index contributed by atoms with van der Waals surface area (Å²) in [6.45, 7) is 1.85. The minimum Gasteiger partial charge on any atom is -0.387 e. The van der Waals surface area contributed by atoms with Gasteiger partial charge < -0.3 is 20.4 Å². The predicted octanol–water partition coefficient (Wildman–Crippen LogP) is 1.27. The molecule has 148 valence electrons. The number of aliphatic hydroxyl groups is 2. The Morgan fingerprint density at radius 1 is 1.26 bits per heavy atom. The van der Waals surface area contributed by atoms with Crippen LogP contribution in [0.3, 0.4) is 0 Å². The van der Waals surface area contributed by atoms with Gasteiger partial charge in [0.1, 0.15) is 12.2 Å². The van der Waals surface area contributed by atoms with E-state index >= 15 is 0 Å². The van der Waals surface area contributed by atoms with Crippen molar-refractivity contribution in [1.29, 1.82) is 0 Å². The molecule has 4 rings (SSSR count). The van der Waals surface area contributed by atoms with Gasteiger partial charge >= 0.3 is 0 Å². The zero-order valence-corrected chi connectivity index (χ0v) is 16.5. The number of hydrogen-bond acceptors (Lipinski definition) is 9. The third-order valence-corrected chi connectivity index (χ3v) is 5.79. The molecule has 4 atom stereocenters. The van der Waals surface area contributed by atoms with Crippen LogP contribution >= 0.6 is 23.4 Å². The van der Waals surface area contributed by atoms with E-state index in [0.29, 0.717) is 22.7 Å². The fourth-order valence-electron chi connectivity index (χ4n) is 3.57. The van der Waals surface area contributed by atoms with Crippen molar-refractivity contribution in [2.45, 2.75) is 43.8 Å². The maximum Gasteiger partial charge on any atom is 0.226 e. The van der Waals surface area contributed by atoms with Crippen LogP contribution in [0.1, 0.15) is 25.5 Å². The Bertz CT molecular complexity index is 802. The highest BCUT2D eigenvalue weighted by molar-refractivity contribution is 7.98. The van der Waals surface area contributed by atoms with E-state index in [9.17, 15) is 10.2 Å². The van der Waals surface area contributed by atoms with Crippen LogP contribution in [0.5, 0.6) is 0 Å². The molecule has 2 saturated heterocycles. The summed E-state index contributed by atoms with van der Waals surface area (Å²) in [5, 5.41) is 22.9. The number of imidazole rings is 1. The first-order chi connectivity index (χ1) is 13.1. The number of hydrogen-bond donors (Lipinski definition) is 3. The van der Waals surface area contributed by atoms with Gasteiger partial charge in [-0.15, -0.1) is 0 Å². The van der Waals surface area contributed by atoms with Crippen LogP contribution in [-0.4, -0.2) is 78.2 Å². The van der Waals surface area contributed by atoms with Crippen LogP contribution in [0.25, 0.3) is 11.2 Å². The van der Waals surface area contributed by atoms with Gasteiger partial charge in [-0.25, -0.2) is 9.99 Å². The number of nitrogens with zero attached hydrogens (tertiary/aromatic N) is 5. The molecule has 2 aromatic rings. The standard InChI is InChI=1S/C16H23ClN6O3S/c1-27-7-9-11(24)12(25)15(26-9)23-8-18-10-13(19-16(17)20-14(10)23)21-22-5-3-2-4-6-22/h8-9,11-12,15,24-25H,2-7H2,1H3,(H,19,20,21)/t9-,11?,12?,15-/m1/s1. The maximum absolute atomic E-state index is 10.5. The van der Waals surface area contributed by atoms with E-state index in [4.69, 9.17) is 16.3 Å². The predicted molar refractivity (Wildman–Crippen MR) is 104 cm³/mol. The number of anilines is 1. The van der Waals surface area contributed by atoms with E-state index in [1.807, 2.05) is 6.26 Å². The molecule has 3 N–H and O–H groups in total. The first kappa shape index (κ1) is 19.2. The maximum atomic E-state index is 10.5. The van der Waals surface area contributed by atoms with Gasteiger partial charge in [-0.3, -0.25) is 4.57 Å². The number of aromatic nitrogens is 4. The van der Waals surface area contributed by atoms with Gasteiger partial charge in [-0.1, -0.05) is 6.42 Å². The molecule has 0 amide bonds. The molecule has 2 aliphatic rings. The molecular weight excluding hydrogens is 392 g/mol. The molecule has 0 bridgehead atoms. The van der Waals surface area contributed by atoms with Gasteiger partial charge in [0.25, 0.3) is 0 Å². The summed E-state index contributed by atoms with van der Waals surface area (Å²) in [6, 6.07) is 0. The van der Waals surface area contributed by atoms with Crippen molar-refractivity contribution in [2.24, 2.45) is 0 Å². The number of rotatable bonds is 5. The Hall–Kier alpha value is -1.17. The summed E-state index contributed by atoms with van der Waals surface area (Å²) in [6.07, 6.45) is 3.66. The molecule has 0 aromatic carbocycles. The third kappa shape index (κ3) is 3.74. The zero-order chi connectivity index (χ0) is 19.0. The molecule has 9 nitrogen and oxygen atoms in total. The van der Waals surface area contributed by atoms with Crippen molar-refractivity contribution in [2.75, 3.05) is 30.5 Å². The fraction of sp³-hybridized carbons (Fsp3) is 0.688. The number of ether oxygens (including phenoxy) is 1. The van der Waals surface area contributed by atoms with Crippen molar-refractivity contribution in [3.63, 3.8) is 0 Å². The second kappa shape index (κ2) is 8.06. The van der Waals surface area contributed by atoms with Crippen molar-refractivity contribution in [3.8, 4) is 0 Å². The smallest absolute Gasteiger partial charge is 0.226 e. The van der Waals surface area contributed by atoms with Crippen molar-refractivity contribution < 1.29 is 14.9 Å². The minimum absolute atomic E-state index is 0.0810. The highest BCUT2D eigenvalue weighted by Gasteiger charge is 2.44. The van der Waals surface area contributed by atoms with Crippen LogP contribution < -0.4 is 5.43 Å². The third-order valence-electron chi connectivity index (χ3n) is 4.96. The molecule has 2 unspecified atom stereocenters. The molecule has 2 aliphatic heterocycles. The number of fused-ring (bicyclic) bond motifs is 1. The summed E-state index contributed by atoms with van der Waals surface area (Å²) >= 11 is 7.69. The zero-order valence-electron chi connectivity index (χ0n) is 15.0. The minimum atomic E-state index is -1.08. The molecule has 11 heteroatoms. The lowest BCUT2D eigenvalue weighted by molar-refractivity contribution is -0.0288. The molecule has 0 aliphatic carbocycles. The molecule has 0 saturated carbocycles. The molecular formula is C16H23ClN6O3S. The molecule has 2 aromatic heterocycles. The van der Waals surface area contributed by atoms with E-state index in [1.54, 1.807) is 22.7 Å². The largest absolute Gasteiger partial charge is 0.387 e. The quantitative estimate of drug-likeness (QED) is 0.623. The molecule has 0 spiro atoms. The van der Waals surface area contributed by atoms with Crippen LogP contribution in [0.15, 0.2) is 6.33 Å². The summed E-state index contributed by atoms with van der Waals surface area (Å²) in [5.74, 6) is 1.11. The highest BCUT2D eigenvalue weighted by atomic mass is 35.5. The molecule has 4 heterocycles. The van der Waals surface area contributed by atoms with Gasteiger partial charge in [0.2, 0.25) is 5.28 Å². The lowest BCUT2D eigenvalue weighted by Gasteiger charge is -2.27. The highest BCUT2D eigenvalue weighted by Crippen LogP contribution is 2.34. The van der Waals surface area contributed by atoms with Gasteiger partial charge in [0.05, 0.1) is 12.4 Å². The number of aliphatic hydroxyl groups excluding tert-OH is 2. The van der Waals surface area contributed by atoms with Crippen LogP contribution in [-0.2, 0) is 4.74 Å². The number of nitrogens with one attached hydrogen (secondary N) is 1. The molecule has 0 radical (unpaired) electrons. The van der Waals surface area contributed by atoms with E-state index < -0.39 is 24.5 Å². The first-order valence-electron chi connectivity index (χ1n) is 9.00. The van der Waals surface area contributed by atoms with Gasteiger partial charge in [0.15, 0.2) is 23.2 Å². The molecule has 27 heavy (non-hydrogen) atoms. The van der Waals surface area contributed by atoms with Crippen LogP contribution in [0, 0.1) is 0 Å². The average Bonchev–Trinajstić information content (AvgIpc) is 3.19. The second-order valence-electron chi connectivity index (χ2n) is 6.83. The SMILES string of the molecule is CSC[C@H]1O[C@@H](n2cnc3c(NN4CCCCC4)nc(Cl)nc32)C(O)C1O. The van der Waals surface area contributed by atoms with E-state index in [-0.39, 0.29) is 5.28 Å². The Balaban J connectivity index is 1.65. The number of thioether (sulfide) groups is 1. The Kier molecular flexibility index (Phi) is 5.72. The monoisotopic (exact) mass is 414 g/mol. The Morgan fingerprint density at radius 2 is 2.04 bits per heavy atom. The Labute approximate surface area is 166 Å².